The molecule has 0 aliphatic heterocycles. The average Bonchev–Trinajstić information content (AvgIpc) is 3.19. The summed E-state index contributed by atoms with van der Waals surface area (Å²) in [5, 5.41) is 18.4. The van der Waals surface area contributed by atoms with Gasteiger partial charge in [-0.3, -0.25) is 14.4 Å². The highest BCUT2D eigenvalue weighted by Gasteiger charge is 2.12. The molecule has 0 radical (unpaired) electrons. The third kappa shape index (κ3) is 6.48. The predicted octanol–water partition coefficient (Wildman–Crippen LogP) is 1.01. The van der Waals surface area contributed by atoms with Gasteiger partial charge in [0.15, 0.2) is 11.5 Å². The van der Waals surface area contributed by atoms with E-state index in [1.807, 2.05) is 0 Å². The molecular formula is C20H21FN6O4S. The molecule has 0 spiro atoms. The van der Waals surface area contributed by atoms with Crippen molar-refractivity contribution in [2.75, 3.05) is 25.4 Å². The van der Waals surface area contributed by atoms with Gasteiger partial charge in [0, 0.05) is 18.5 Å². The Balaban J connectivity index is 1.52. The maximum absolute atomic E-state index is 13.0. The minimum atomic E-state index is -0.494. The summed E-state index contributed by atoms with van der Waals surface area (Å²) in [7, 11) is 0. The number of carbonyl (C=O) groups excluding carboxylic acids is 3. The molecule has 0 aliphatic rings. The number of carbonyl (C=O) groups is 3. The molecule has 0 saturated heterocycles. The molecule has 12 heteroatoms. The first-order valence-corrected chi connectivity index (χ1v) is 10.7. The van der Waals surface area contributed by atoms with E-state index in [9.17, 15) is 18.8 Å². The van der Waals surface area contributed by atoms with Crippen LogP contribution in [0.4, 0.5) is 4.39 Å². The largest absolute Gasteiger partial charge is 0.465 e. The monoisotopic (exact) mass is 460 g/mol. The third-order valence-corrected chi connectivity index (χ3v) is 5.05. The maximum Gasteiger partial charge on any atom is 0.325 e. The van der Waals surface area contributed by atoms with Gasteiger partial charge in [-0.1, -0.05) is 11.8 Å². The van der Waals surface area contributed by atoms with E-state index in [4.69, 9.17) is 4.74 Å². The highest BCUT2D eigenvalue weighted by Crippen LogP contribution is 2.15. The summed E-state index contributed by atoms with van der Waals surface area (Å²) < 4.78 is 19.3. The number of hydrogen-bond donors (Lipinski definition) is 2. The topological polar surface area (TPSA) is 128 Å². The fraction of sp³-hybridized carbons (Fsp3) is 0.300. The normalized spacial score (nSPS) is 10.7. The summed E-state index contributed by atoms with van der Waals surface area (Å²) >= 11 is 1.20. The molecule has 2 aromatic heterocycles. The van der Waals surface area contributed by atoms with E-state index in [2.05, 4.69) is 25.9 Å². The van der Waals surface area contributed by atoms with Crippen molar-refractivity contribution in [2.45, 2.75) is 18.4 Å². The smallest absolute Gasteiger partial charge is 0.325 e. The van der Waals surface area contributed by atoms with E-state index in [1.165, 1.54) is 36.0 Å². The lowest BCUT2D eigenvalue weighted by Gasteiger charge is -2.06. The number of hydrogen-bond acceptors (Lipinski definition) is 8. The lowest BCUT2D eigenvalue weighted by molar-refractivity contribution is -0.143. The number of ether oxygens (including phenoxy) is 1. The summed E-state index contributed by atoms with van der Waals surface area (Å²) in [4.78, 5) is 35.3. The van der Waals surface area contributed by atoms with Crippen LogP contribution in [0.3, 0.4) is 0 Å². The Labute approximate surface area is 186 Å². The van der Waals surface area contributed by atoms with Gasteiger partial charge in [-0.2, -0.15) is 9.61 Å². The Bertz CT molecular complexity index is 1110. The van der Waals surface area contributed by atoms with Crippen molar-refractivity contribution in [1.29, 1.82) is 0 Å². The Hall–Kier alpha value is -3.54. The quantitative estimate of drug-likeness (QED) is 0.339. The number of rotatable bonds is 10. The second-order valence-corrected chi connectivity index (χ2v) is 7.44. The summed E-state index contributed by atoms with van der Waals surface area (Å²) in [6.45, 7) is 2.05. The van der Waals surface area contributed by atoms with Gasteiger partial charge in [0.25, 0.3) is 5.91 Å². The minimum absolute atomic E-state index is 0.0725. The van der Waals surface area contributed by atoms with Crippen LogP contribution in [0.2, 0.25) is 0 Å². The second kappa shape index (κ2) is 11.2. The summed E-state index contributed by atoms with van der Waals surface area (Å²) in [6, 6.07) is 8.70. The third-order valence-electron chi connectivity index (χ3n) is 4.13. The molecule has 1 aromatic carbocycles. The standard InChI is InChI=1S/C20H21FN6O4S/c1-2-31-19(29)11-23-17(28)12-32-18-8-7-15-24-25-16(27(15)26-18)9-10-22-20(30)13-3-5-14(21)6-4-13/h3-8H,2,9-12H2,1H3,(H,22,30)(H,23,28). The molecule has 2 amide bonds. The van der Waals surface area contributed by atoms with Crippen molar-refractivity contribution < 1.29 is 23.5 Å². The predicted molar refractivity (Wildman–Crippen MR) is 114 cm³/mol. The van der Waals surface area contributed by atoms with Crippen LogP contribution in [0.15, 0.2) is 41.4 Å². The van der Waals surface area contributed by atoms with Gasteiger partial charge in [-0.05, 0) is 43.3 Å². The fourth-order valence-electron chi connectivity index (χ4n) is 2.61. The molecule has 10 nitrogen and oxygen atoms in total. The van der Waals surface area contributed by atoms with Crippen molar-refractivity contribution in [3.63, 3.8) is 0 Å². The maximum atomic E-state index is 13.0. The zero-order valence-corrected chi connectivity index (χ0v) is 18.0. The molecule has 0 aliphatic carbocycles. The minimum Gasteiger partial charge on any atom is -0.465 e. The van der Waals surface area contributed by atoms with E-state index >= 15 is 0 Å². The number of nitrogens with zero attached hydrogens (tertiary/aromatic N) is 4. The van der Waals surface area contributed by atoms with Crippen LogP contribution in [0, 0.1) is 5.82 Å². The number of benzene rings is 1. The molecule has 32 heavy (non-hydrogen) atoms. The van der Waals surface area contributed by atoms with E-state index in [0.29, 0.717) is 28.5 Å². The summed E-state index contributed by atoms with van der Waals surface area (Å²) in [6.07, 6.45) is 0.370. The SMILES string of the molecule is CCOC(=O)CNC(=O)CSc1ccc2nnc(CCNC(=O)c3ccc(F)cc3)n2n1. The lowest BCUT2D eigenvalue weighted by Crippen LogP contribution is -2.31. The Morgan fingerprint density at radius 3 is 2.62 bits per heavy atom. The molecular weight excluding hydrogens is 439 g/mol. The number of esters is 1. The summed E-state index contributed by atoms with van der Waals surface area (Å²) in [5.41, 5.74) is 0.886. The van der Waals surface area contributed by atoms with Crippen molar-refractivity contribution in [1.82, 2.24) is 30.4 Å². The van der Waals surface area contributed by atoms with Crippen molar-refractivity contribution >= 4 is 35.2 Å². The number of amides is 2. The molecule has 2 N–H and O–H groups in total. The first-order chi connectivity index (χ1) is 15.5. The van der Waals surface area contributed by atoms with Crippen LogP contribution < -0.4 is 10.6 Å². The number of thioether (sulfide) groups is 1. The molecule has 2 heterocycles. The molecule has 3 aromatic rings. The van der Waals surface area contributed by atoms with E-state index in [-0.39, 0.29) is 37.3 Å². The van der Waals surface area contributed by atoms with Crippen LogP contribution in [-0.2, 0) is 20.7 Å². The van der Waals surface area contributed by atoms with Crippen LogP contribution in [0.25, 0.3) is 5.65 Å². The second-order valence-electron chi connectivity index (χ2n) is 6.44. The highest BCUT2D eigenvalue weighted by atomic mass is 32.2. The molecule has 168 valence electrons. The summed E-state index contributed by atoms with van der Waals surface area (Å²) in [5.74, 6) is -0.940. The van der Waals surface area contributed by atoms with Gasteiger partial charge in [0.2, 0.25) is 5.91 Å². The zero-order valence-electron chi connectivity index (χ0n) is 17.2. The highest BCUT2D eigenvalue weighted by molar-refractivity contribution is 7.99. The molecule has 0 saturated carbocycles. The van der Waals surface area contributed by atoms with Gasteiger partial charge < -0.3 is 15.4 Å². The molecule has 0 fully saturated rings. The van der Waals surface area contributed by atoms with Crippen molar-refractivity contribution in [3.05, 3.63) is 53.6 Å². The van der Waals surface area contributed by atoms with Crippen molar-refractivity contribution in [2.24, 2.45) is 0 Å². The Morgan fingerprint density at radius 2 is 1.88 bits per heavy atom. The number of aromatic nitrogens is 4. The molecule has 3 rings (SSSR count). The average molecular weight is 460 g/mol. The van der Waals surface area contributed by atoms with Crippen molar-refractivity contribution in [3.8, 4) is 0 Å². The Kier molecular flexibility index (Phi) is 8.08. The van der Waals surface area contributed by atoms with Crippen LogP contribution in [0.5, 0.6) is 0 Å². The van der Waals surface area contributed by atoms with Crippen LogP contribution in [0.1, 0.15) is 23.1 Å². The molecule has 0 atom stereocenters. The van der Waals surface area contributed by atoms with Gasteiger partial charge in [-0.15, -0.1) is 10.2 Å². The van der Waals surface area contributed by atoms with Crippen LogP contribution >= 0.6 is 11.8 Å². The van der Waals surface area contributed by atoms with Gasteiger partial charge in [0.05, 0.1) is 12.4 Å². The van der Waals surface area contributed by atoms with E-state index in [0.717, 1.165) is 0 Å². The van der Waals surface area contributed by atoms with Crippen LogP contribution in [-0.4, -0.2) is 63.0 Å². The van der Waals surface area contributed by atoms with E-state index < -0.39 is 11.8 Å². The molecule has 0 unspecified atom stereocenters. The number of fused-ring (bicyclic) bond motifs is 1. The number of nitrogens with one attached hydrogen (secondary N) is 2. The Morgan fingerprint density at radius 1 is 1.09 bits per heavy atom. The zero-order chi connectivity index (χ0) is 22.9. The van der Waals surface area contributed by atoms with E-state index in [1.54, 1.807) is 23.6 Å². The first kappa shape index (κ1) is 23.1. The van der Waals surface area contributed by atoms with Gasteiger partial charge in [0.1, 0.15) is 17.4 Å². The van der Waals surface area contributed by atoms with Gasteiger partial charge >= 0.3 is 5.97 Å². The fourth-order valence-corrected chi connectivity index (χ4v) is 3.30. The van der Waals surface area contributed by atoms with Gasteiger partial charge in [-0.25, -0.2) is 4.39 Å². The first-order valence-electron chi connectivity index (χ1n) is 9.76. The molecule has 0 bridgehead atoms. The lowest BCUT2D eigenvalue weighted by atomic mass is 10.2. The number of halogens is 1.